The molecule has 0 bridgehead atoms. The number of anilines is 1. The van der Waals surface area contributed by atoms with E-state index in [2.05, 4.69) is 77.1 Å². The zero-order chi connectivity index (χ0) is 29.7. The minimum absolute atomic E-state index is 0.0594. The van der Waals surface area contributed by atoms with Crippen LogP contribution in [0, 0.1) is 0 Å². The summed E-state index contributed by atoms with van der Waals surface area (Å²) in [5.74, 6) is -0.195. The van der Waals surface area contributed by atoms with Gasteiger partial charge in [-0.3, -0.25) is 4.79 Å². The summed E-state index contributed by atoms with van der Waals surface area (Å²) >= 11 is 0. The Balaban J connectivity index is 1.05. The number of carbonyl (C=O) groups excluding carboxylic acids is 2. The normalized spacial score (nSPS) is 21.6. The number of fused-ring (bicyclic) bond motifs is 1. The Morgan fingerprint density at radius 2 is 1.62 bits per heavy atom. The van der Waals surface area contributed by atoms with Crippen molar-refractivity contribution >= 4 is 28.5 Å². The number of alkyl carbamates (subject to hydrolysis) is 1. The summed E-state index contributed by atoms with van der Waals surface area (Å²) in [6, 6.07) is 24.2. The molecule has 1 aliphatic carbocycles. The highest BCUT2D eigenvalue weighted by Crippen LogP contribution is 2.27. The zero-order valence-electron chi connectivity index (χ0n) is 25.4. The van der Waals surface area contributed by atoms with Crippen LogP contribution in [0.2, 0.25) is 0 Å². The number of nitrogens with zero attached hydrogens (tertiary/aromatic N) is 1. The van der Waals surface area contributed by atoms with Crippen LogP contribution in [0.1, 0.15) is 77.0 Å². The van der Waals surface area contributed by atoms with Crippen LogP contribution in [-0.2, 0) is 20.7 Å². The molecular formula is C35H45N3O4. The van der Waals surface area contributed by atoms with E-state index in [1.165, 1.54) is 22.0 Å². The molecule has 7 heteroatoms. The molecule has 0 spiro atoms. The highest BCUT2D eigenvalue weighted by Gasteiger charge is 2.27. The topological polar surface area (TPSA) is 79.9 Å². The molecule has 3 aromatic carbocycles. The molecule has 0 radical (unpaired) electrons. The van der Waals surface area contributed by atoms with E-state index in [0.29, 0.717) is 6.04 Å². The SMILES string of the molecule is C[C@@H](N[C@H]1CCN(c2ccc(CC(=O)OC3CCC(NC(=O)OC(C)(C)C)CC3)cc2)C1)c1cccc2ccccc12. The average molecular weight is 572 g/mol. The number of hydrogen-bond donors (Lipinski definition) is 2. The van der Waals surface area contributed by atoms with Crippen LogP contribution in [0.25, 0.3) is 10.8 Å². The minimum atomic E-state index is -0.513. The predicted octanol–water partition coefficient (Wildman–Crippen LogP) is 6.69. The van der Waals surface area contributed by atoms with Gasteiger partial charge in [-0.25, -0.2) is 4.79 Å². The van der Waals surface area contributed by atoms with Gasteiger partial charge in [0.05, 0.1) is 6.42 Å². The van der Waals surface area contributed by atoms with Crippen molar-refractivity contribution in [1.29, 1.82) is 0 Å². The monoisotopic (exact) mass is 571 g/mol. The first-order chi connectivity index (χ1) is 20.1. The molecule has 1 aliphatic heterocycles. The quantitative estimate of drug-likeness (QED) is 0.293. The van der Waals surface area contributed by atoms with E-state index in [0.717, 1.165) is 50.8 Å². The van der Waals surface area contributed by atoms with Crippen LogP contribution >= 0.6 is 0 Å². The van der Waals surface area contributed by atoms with Crippen molar-refractivity contribution in [3.8, 4) is 0 Å². The van der Waals surface area contributed by atoms with Gasteiger partial charge in [0, 0.05) is 36.9 Å². The van der Waals surface area contributed by atoms with Crippen molar-refractivity contribution in [1.82, 2.24) is 10.6 Å². The maximum absolute atomic E-state index is 12.7. The first kappa shape index (κ1) is 29.9. The van der Waals surface area contributed by atoms with Gasteiger partial charge >= 0.3 is 12.1 Å². The lowest BCUT2D eigenvalue weighted by Crippen LogP contribution is -2.42. The number of carbonyl (C=O) groups is 2. The lowest BCUT2D eigenvalue weighted by Gasteiger charge is -2.29. The van der Waals surface area contributed by atoms with Gasteiger partial charge in [-0.15, -0.1) is 0 Å². The van der Waals surface area contributed by atoms with Gasteiger partial charge in [0.25, 0.3) is 0 Å². The fraction of sp³-hybridized carbons (Fsp3) is 0.486. The molecule has 2 atom stereocenters. The van der Waals surface area contributed by atoms with Gasteiger partial charge in [-0.05, 0) is 93.8 Å². The van der Waals surface area contributed by atoms with Crippen LogP contribution in [0.15, 0.2) is 66.7 Å². The van der Waals surface area contributed by atoms with Gasteiger partial charge in [0.2, 0.25) is 0 Å². The van der Waals surface area contributed by atoms with Crippen LogP contribution in [0.5, 0.6) is 0 Å². The summed E-state index contributed by atoms with van der Waals surface area (Å²) in [5, 5.41) is 9.38. The van der Waals surface area contributed by atoms with Gasteiger partial charge in [-0.2, -0.15) is 0 Å². The standard InChI is InChI=1S/C35H45N3O4/c1-24(31-11-7-9-26-8-5-6-10-32(26)31)36-28-20-21-38(23-28)29-16-12-25(13-17-29)22-33(39)41-30-18-14-27(15-19-30)37-34(40)42-35(2,3)4/h5-13,16-17,24,27-28,30,36H,14-15,18-23H2,1-4H3,(H,37,40)/t24-,27?,28+,30?/m1/s1. The van der Waals surface area contributed by atoms with Crippen molar-refractivity contribution in [2.75, 3.05) is 18.0 Å². The summed E-state index contributed by atoms with van der Waals surface area (Å²) in [6.45, 7) is 9.78. The molecule has 0 unspecified atom stereocenters. The van der Waals surface area contributed by atoms with E-state index in [-0.39, 0.29) is 36.7 Å². The number of nitrogens with one attached hydrogen (secondary N) is 2. The summed E-state index contributed by atoms with van der Waals surface area (Å²) in [5.41, 5.74) is 2.97. The number of amides is 1. The number of benzene rings is 3. The lowest BCUT2D eigenvalue weighted by molar-refractivity contribution is -0.149. The predicted molar refractivity (Wildman–Crippen MR) is 168 cm³/mol. The van der Waals surface area contributed by atoms with Crippen molar-refractivity contribution in [3.63, 3.8) is 0 Å². The molecule has 2 N–H and O–H groups in total. The molecule has 7 nitrogen and oxygen atoms in total. The van der Waals surface area contributed by atoms with E-state index in [4.69, 9.17) is 9.47 Å². The molecular weight excluding hydrogens is 526 g/mol. The highest BCUT2D eigenvalue weighted by molar-refractivity contribution is 5.86. The Morgan fingerprint density at radius 3 is 2.36 bits per heavy atom. The first-order valence-corrected chi connectivity index (χ1v) is 15.4. The Labute approximate surface area is 250 Å². The smallest absolute Gasteiger partial charge is 0.407 e. The Bertz CT molecular complexity index is 1350. The van der Waals surface area contributed by atoms with Crippen molar-refractivity contribution in [2.45, 2.75) is 96.1 Å². The van der Waals surface area contributed by atoms with Crippen LogP contribution in [0.3, 0.4) is 0 Å². The molecule has 1 amide bonds. The number of rotatable bonds is 8. The molecule has 1 saturated heterocycles. The second-order valence-corrected chi connectivity index (χ2v) is 12.8. The van der Waals surface area contributed by atoms with Crippen molar-refractivity contribution in [3.05, 3.63) is 77.9 Å². The van der Waals surface area contributed by atoms with Crippen molar-refractivity contribution in [2.24, 2.45) is 0 Å². The van der Waals surface area contributed by atoms with Crippen molar-refractivity contribution < 1.29 is 19.1 Å². The van der Waals surface area contributed by atoms with Gasteiger partial charge in [-0.1, -0.05) is 54.6 Å². The average Bonchev–Trinajstić information content (AvgIpc) is 3.41. The number of hydrogen-bond acceptors (Lipinski definition) is 6. The number of esters is 1. The molecule has 42 heavy (non-hydrogen) atoms. The van der Waals surface area contributed by atoms with Crippen LogP contribution in [0.4, 0.5) is 10.5 Å². The molecule has 224 valence electrons. The van der Waals surface area contributed by atoms with E-state index in [1.807, 2.05) is 32.9 Å². The van der Waals surface area contributed by atoms with Crippen LogP contribution in [-0.4, -0.2) is 48.9 Å². The van der Waals surface area contributed by atoms with Gasteiger partial charge in [0.1, 0.15) is 11.7 Å². The summed E-state index contributed by atoms with van der Waals surface area (Å²) < 4.78 is 11.1. The summed E-state index contributed by atoms with van der Waals surface area (Å²) in [6.07, 6.45) is 3.92. The summed E-state index contributed by atoms with van der Waals surface area (Å²) in [7, 11) is 0. The summed E-state index contributed by atoms with van der Waals surface area (Å²) in [4.78, 5) is 27.1. The fourth-order valence-electron chi connectivity index (χ4n) is 6.22. The zero-order valence-corrected chi connectivity index (χ0v) is 25.4. The maximum atomic E-state index is 12.7. The minimum Gasteiger partial charge on any atom is -0.462 e. The van der Waals surface area contributed by atoms with E-state index >= 15 is 0 Å². The Morgan fingerprint density at radius 1 is 0.905 bits per heavy atom. The van der Waals surface area contributed by atoms with E-state index < -0.39 is 5.60 Å². The molecule has 1 heterocycles. The lowest BCUT2D eigenvalue weighted by atomic mass is 9.93. The third-order valence-electron chi connectivity index (χ3n) is 8.31. The second-order valence-electron chi connectivity index (χ2n) is 12.8. The maximum Gasteiger partial charge on any atom is 0.407 e. The Hall–Kier alpha value is -3.58. The van der Waals surface area contributed by atoms with Crippen LogP contribution < -0.4 is 15.5 Å². The molecule has 0 aromatic heterocycles. The molecule has 2 aliphatic rings. The number of ether oxygens (including phenoxy) is 2. The third-order valence-corrected chi connectivity index (χ3v) is 8.31. The molecule has 1 saturated carbocycles. The molecule has 5 rings (SSSR count). The largest absolute Gasteiger partial charge is 0.462 e. The van der Waals surface area contributed by atoms with Gasteiger partial charge in [0.15, 0.2) is 0 Å². The molecule has 2 fully saturated rings. The van der Waals surface area contributed by atoms with Gasteiger partial charge < -0.3 is 25.0 Å². The highest BCUT2D eigenvalue weighted by atomic mass is 16.6. The molecule has 3 aromatic rings. The second kappa shape index (κ2) is 13.2. The Kier molecular flexibility index (Phi) is 9.37. The van der Waals surface area contributed by atoms with E-state index in [1.54, 1.807) is 0 Å². The third kappa shape index (κ3) is 8.03. The fourth-order valence-corrected chi connectivity index (χ4v) is 6.22. The van der Waals surface area contributed by atoms with E-state index in [9.17, 15) is 9.59 Å². The first-order valence-electron chi connectivity index (χ1n) is 15.4.